The van der Waals surface area contributed by atoms with Gasteiger partial charge in [-0.05, 0) is 36.8 Å². The largest absolute Gasteiger partial charge is 0.493 e. The molecule has 0 aliphatic rings. The fourth-order valence-electron chi connectivity index (χ4n) is 2.56. The van der Waals surface area contributed by atoms with Gasteiger partial charge in [-0.2, -0.15) is 0 Å². The third kappa shape index (κ3) is 3.49. The minimum Gasteiger partial charge on any atom is -0.493 e. The van der Waals surface area contributed by atoms with Gasteiger partial charge in [-0.25, -0.2) is 4.39 Å². The number of para-hydroxylation sites is 1. The number of methoxy groups -OCH3 is 1. The van der Waals surface area contributed by atoms with E-state index in [1.165, 1.54) is 31.4 Å². The molecule has 1 heterocycles. The van der Waals surface area contributed by atoms with Crippen molar-refractivity contribution < 1.29 is 23.4 Å². The number of hydrogen-bond donors (Lipinski definition) is 2. The Hall–Kier alpha value is -2.86. The number of carbonyl (C=O) groups is 1. The summed E-state index contributed by atoms with van der Waals surface area (Å²) in [5.74, 6) is -0.190. The number of carbonyl (C=O) groups excluding carboxylic acids is 1. The molecule has 0 bridgehead atoms. The van der Waals surface area contributed by atoms with Crippen LogP contribution in [0.5, 0.6) is 5.75 Å². The summed E-state index contributed by atoms with van der Waals surface area (Å²) in [6.45, 7) is 1.49. The Labute approximate surface area is 144 Å². The zero-order valence-corrected chi connectivity index (χ0v) is 13.9. The topological polar surface area (TPSA) is 71.7 Å². The van der Waals surface area contributed by atoms with Crippen molar-refractivity contribution in [2.75, 3.05) is 13.7 Å². The Morgan fingerprint density at radius 3 is 2.68 bits per heavy atom. The molecule has 0 radical (unpaired) electrons. The second-order valence-electron chi connectivity index (χ2n) is 5.95. The SMILES string of the molecule is COc1cccc2cc(C(=O)NCC(C)(O)c3ccc(F)cc3)oc12. The molecular formula is C19H18FNO4. The lowest BCUT2D eigenvalue weighted by Gasteiger charge is -2.24. The van der Waals surface area contributed by atoms with Gasteiger partial charge >= 0.3 is 0 Å². The third-order valence-electron chi connectivity index (χ3n) is 4.01. The van der Waals surface area contributed by atoms with E-state index < -0.39 is 11.5 Å². The summed E-state index contributed by atoms with van der Waals surface area (Å²) in [7, 11) is 1.52. The second kappa shape index (κ2) is 6.57. The maximum Gasteiger partial charge on any atom is 0.287 e. The van der Waals surface area contributed by atoms with Crippen molar-refractivity contribution in [1.29, 1.82) is 0 Å². The molecular weight excluding hydrogens is 325 g/mol. The van der Waals surface area contributed by atoms with E-state index in [4.69, 9.17) is 9.15 Å². The summed E-state index contributed by atoms with van der Waals surface area (Å²) in [5.41, 5.74) is -0.353. The minimum atomic E-state index is -1.34. The van der Waals surface area contributed by atoms with E-state index in [1.54, 1.807) is 25.1 Å². The Morgan fingerprint density at radius 2 is 2.00 bits per heavy atom. The van der Waals surface area contributed by atoms with E-state index in [1.807, 2.05) is 6.07 Å². The van der Waals surface area contributed by atoms with Crippen molar-refractivity contribution >= 4 is 16.9 Å². The van der Waals surface area contributed by atoms with Crippen LogP contribution in [0.4, 0.5) is 4.39 Å². The molecule has 0 fully saturated rings. The molecule has 0 saturated heterocycles. The molecule has 130 valence electrons. The van der Waals surface area contributed by atoms with E-state index in [9.17, 15) is 14.3 Å². The summed E-state index contributed by atoms with van der Waals surface area (Å²) in [5, 5.41) is 13.9. The number of benzene rings is 2. The molecule has 1 unspecified atom stereocenters. The number of aliphatic hydroxyl groups is 1. The van der Waals surface area contributed by atoms with Crippen LogP contribution in [0.25, 0.3) is 11.0 Å². The van der Waals surface area contributed by atoms with Crippen molar-refractivity contribution in [2.45, 2.75) is 12.5 Å². The highest BCUT2D eigenvalue weighted by Crippen LogP contribution is 2.28. The molecule has 5 nitrogen and oxygen atoms in total. The van der Waals surface area contributed by atoms with Gasteiger partial charge in [0.2, 0.25) is 0 Å². The average Bonchev–Trinajstić information content (AvgIpc) is 3.04. The fraction of sp³-hybridized carbons (Fsp3) is 0.211. The normalized spacial score (nSPS) is 13.4. The third-order valence-corrected chi connectivity index (χ3v) is 4.01. The van der Waals surface area contributed by atoms with Gasteiger partial charge in [0, 0.05) is 5.39 Å². The van der Waals surface area contributed by atoms with Crippen molar-refractivity contribution in [3.05, 3.63) is 65.7 Å². The Bertz CT molecular complexity index is 899. The lowest BCUT2D eigenvalue weighted by Crippen LogP contribution is -2.38. The van der Waals surface area contributed by atoms with Crippen LogP contribution in [0.3, 0.4) is 0 Å². The minimum absolute atomic E-state index is 0.0500. The van der Waals surface area contributed by atoms with Gasteiger partial charge in [0.15, 0.2) is 17.1 Å². The summed E-state index contributed by atoms with van der Waals surface area (Å²) in [4.78, 5) is 12.3. The highest BCUT2D eigenvalue weighted by Gasteiger charge is 2.25. The predicted molar refractivity (Wildman–Crippen MR) is 91.1 cm³/mol. The van der Waals surface area contributed by atoms with Crippen LogP contribution in [0.15, 0.2) is 52.9 Å². The van der Waals surface area contributed by atoms with E-state index >= 15 is 0 Å². The molecule has 1 aromatic heterocycles. The van der Waals surface area contributed by atoms with Crippen LogP contribution in [0.1, 0.15) is 23.0 Å². The summed E-state index contributed by atoms with van der Waals surface area (Å²) in [6.07, 6.45) is 0. The quantitative estimate of drug-likeness (QED) is 0.746. The maximum atomic E-state index is 13.0. The number of ether oxygens (including phenoxy) is 1. The van der Waals surface area contributed by atoms with Crippen LogP contribution < -0.4 is 10.1 Å². The molecule has 1 atom stereocenters. The molecule has 1 amide bonds. The first kappa shape index (κ1) is 17.0. The number of amides is 1. The van der Waals surface area contributed by atoms with Crippen LogP contribution in [0.2, 0.25) is 0 Å². The van der Waals surface area contributed by atoms with Crippen LogP contribution in [-0.4, -0.2) is 24.7 Å². The van der Waals surface area contributed by atoms with Crippen LogP contribution in [0, 0.1) is 5.82 Å². The first-order valence-electron chi connectivity index (χ1n) is 7.74. The summed E-state index contributed by atoms with van der Waals surface area (Å²) < 4.78 is 23.8. The van der Waals surface area contributed by atoms with Crippen molar-refractivity contribution in [1.82, 2.24) is 5.32 Å². The van der Waals surface area contributed by atoms with Gasteiger partial charge in [-0.1, -0.05) is 24.3 Å². The van der Waals surface area contributed by atoms with E-state index in [0.29, 0.717) is 16.9 Å². The molecule has 0 aliphatic carbocycles. The summed E-state index contributed by atoms with van der Waals surface area (Å²) >= 11 is 0. The molecule has 3 rings (SSSR count). The number of furan rings is 1. The highest BCUT2D eigenvalue weighted by molar-refractivity contribution is 5.97. The highest BCUT2D eigenvalue weighted by atomic mass is 19.1. The smallest absolute Gasteiger partial charge is 0.287 e. The van der Waals surface area contributed by atoms with Crippen molar-refractivity contribution in [3.8, 4) is 5.75 Å². The van der Waals surface area contributed by atoms with Gasteiger partial charge < -0.3 is 19.6 Å². The molecule has 0 spiro atoms. The molecule has 0 aliphatic heterocycles. The van der Waals surface area contributed by atoms with Crippen molar-refractivity contribution in [3.63, 3.8) is 0 Å². The maximum absolute atomic E-state index is 13.0. The Balaban J connectivity index is 1.75. The number of nitrogens with one attached hydrogen (secondary N) is 1. The monoisotopic (exact) mass is 343 g/mol. The standard InChI is InChI=1S/C19H18FNO4/c1-19(23,13-6-8-14(20)9-7-13)11-21-18(22)16-10-12-4-3-5-15(24-2)17(12)25-16/h3-10,23H,11H2,1-2H3,(H,21,22). The number of hydrogen-bond acceptors (Lipinski definition) is 4. The van der Waals surface area contributed by atoms with Gasteiger partial charge in [0.1, 0.15) is 11.4 Å². The number of fused-ring (bicyclic) bond motifs is 1. The zero-order chi connectivity index (χ0) is 18.0. The first-order valence-corrected chi connectivity index (χ1v) is 7.74. The van der Waals surface area contributed by atoms with Crippen LogP contribution >= 0.6 is 0 Å². The van der Waals surface area contributed by atoms with E-state index in [0.717, 1.165) is 5.39 Å². The van der Waals surface area contributed by atoms with Gasteiger partial charge in [0.05, 0.1) is 13.7 Å². The van der Waals surface area contributed by atoms with Gasteiger partial charge in [-0.3, -0.25) is 4.79 Å². The molecule has 2 aromatic carbocycles. The molecule has 2 N–H and O–H groups in total. The zero-order valence-electron chi connectivity index (χ0n) is 13.9. The Kier molecular flexibility index (Phi) is 4.46. The van der Waals surface area contributed by atoms with E-state index in [-0.39, 0.29) is 18.1 Å². The molecule has 3 aromatic rings. The van der Waals surface area contributed by atoms with Crippen LogP contribution in [-0.2, 0) is 5.60 Å². The lowest BCUT2D eigenvalue weighted by atomic mass is 9.96. The predicted octanol–water partition coefficient (Wildman–Crippen LogP) is 3.22. The Morgan fingerprint density at radius 1 is 1.28 bits per heavy atom. The molecule has 6 heteroatoms. The van der Waals surface area contributed by atoms with E-state index in [2.05, 4.69) is 5.32 Å². The fourth-order valence-corrected chi connectivity index (χ4v) is 2.56. The second-order valence-corrected chi connectivity index (χ2v) is 5.95. The number of rotatable bonds is 5. The lowest BCUT2D eigenvalue weighted by molar-refractivity contribution is 0.0519. The van der Waals surface area contributed by atoms with Gasteiger partial charge in [0.25, 0.3) is 5.91 Å². The average molecular weight is 343 g/mol. The number of halogens is 1. The molecule has 25 heavy (non-hydrogen) atoms. The van der Waals surface area contributed by atoms with Crippen molar-refractivity contribution in [2.24, 2.45) is 0 Å². The molecule has 0 saturated carbocycles. The first-order chi connectivity index (χ1) is 11.9. The van der Waals surface area contributed by atoms with Gasteiger partial charge in [-0.15, -0.1) is 0 Å². The summed E-state index contributed by atoms with van der Waals surface area (Å²) in [6, 6.07) is 12.5.